The average Bonchev–Trinajstić information content (AvgIpc) is 3.10. The first-order chi connectivity index (χ1) is 21.6. The van der Waals surface area contributed by atoms with E-state index in [4.69, 9.17) is 9.15 Å². The quantitative estimate of drug-likeness (QED) is 0.232. The monoisotopic (exact) mass is 583 g/mol. The van der Waals surface area contributed by atoms with Gasteiger partial charge in [0, 0.05) is 17.5 Å². The molecule has 2 heterocycles. The maximum absolute atomic E-state index is 13.5. The highest BCUT2D eigenvalue weighted by atomic mass is 16.5. The van der Waals surface area contributed by atoms with E-state index in [0.29, 0.717) is 23.0 Å². The third kappa shape index (κ3) is 5.99. The lowest BCUT2D eigenvalue weighted by Gasteiger charge is -2.28. The third-order valence-corrected chi connectivity index (χ3v) is 9.42. The molecule has 0 atom stereocenters. The molecule has 0 unspecified atom stereocenters. The van der Waals surface area contributed by atoms with Gasteiger partial charge >= 0.3 is 11.5 Å². The maximum atomic E-state index is 13.5. The Bertz CT molecular complexity index is 1690. The van der Waals surface area contributed by atoms with Crippen LogP contribution in [-0.2, 0) is 9.53 Å². The van der Waals surface area contributed by atoms with E-state index in [0.717, 1.165) is 71.0 Å². The SMILES string of the molecule is O=C1C(=Cc2cc(-c3ccccc3)[o+]c(C3CCCCC3)c2)C(O)=C1C=C1C=C(c2ccccc2)OC(C2CCCCC2)=C1. The van der Waals surface area contributed by atoms with E-state index in [1.165, 1.54) is 38.5 Å². The van der Waals surface area contributed by atoms with Crippen LogP contribution in [0.15, 0.2) is 124 Å². The Hall–Kier alpha value is -4.44. The second-order valence-electron chi connectivity index (χ2n) is 12.5. The van der Waals surface area contributed by atoms with Crippen molar-refractivity contribution in [1.29, 1.82) is 0 Å². The molecule has 1 N–H and O–H groups in total. The highest BCUT2D eigenvalue weighted by Crippen LogP contribution is 2.40. The van der Waals surface area contributed by atoms with Crippen molar-refractivity contribution in [2.45, 2.75) is 70.1 Å². The second-order valence-corrected chi connectivity index (χ2v) is 12.5. The smallest absolute Gasteiger partial charge is 0.360 e. The minimum absolute atomic E-state index is 0.0394. The number of hydrogen-bond donors (Lipinski definition) is 1. The summed E-state index contributed by atoms with van der Waals surface area (Å²) >= 11 is 0. The molecule has 3 aliphatic carbocycles. The molecule has 0 saturated heterocycles. The average molecular weight is 584 g/mol. The molecule has 44 heavy (non-hydrogen) atoms. The van der Waals surface area contributed by atoms with E-state index < -0.39 is 0 Å². The Labute approximate surface area is 259 Å². The van der Waals surface area contributed by atoms with Gasteiger partial charge in [-0.25, -0.2) is 4.42 Å². The minimum Gasteiger partial charge on any atom is -0.506 e. The van der Waals surface area contributed by atoms with Gasteiger partial charge in [-0.2, -0.15) is 0 Å². The fourth-order valence-electron chi connectivity index (χ4n) is 6.96. The van der Waals surface area contributed by atoms with Crippen molar-refractivity contribution in [3.8, 4) is 11.3 Å². The van der Waals surface area contributed by atoms with Crippen molar-refractivity contribution in [3.05, 3.63) is 136 Å². The van der Waals surface area contributed by atoms with Crippen LogP contribution < -0.4 is 0 Å². The van der Waals surface area contributed by atoms with E-state index in [9.17, 15) is 9.90 Å². The number of ketones is 1. The molecule has 0 spiro atoms. The number of rotatable bonds is 6. The number of hydrogen-bond acceptors (Lipinski definition) is 3. The lowest BCUT2D eigenvalue weighted by molar-refractivity contribution is -0.113. The van der Waals surface area contributed by atoms with Crippen LogP contribution in [0.1, 0.15) is 87.0 Å². The molecule has 4 heteroatoms. The van der Waals surface area contributed by atoms with Crippen LogP contribution in [0, 0.1) is 5.92 Å². The van der Waals surface area contributed by atoms with E-state index in [1.54, 1.807) is 0 Å². The van der Waals surface area contributed by atoms with Gasteiger partial charge < -0.3 is 9.84 Å². The molecule has 2 aromatic carbocycles. The van der Waals surface area contributed by atoms with E-state index >= 15 is 0 Å². The molecular weight excluding hydrogens is 544 g/mol. The maximum Gasteiger partial charge on any atom is 0.360 e. The molecule has 0 bridgehead atoms. The van der Waals surface area contributed by atoms with Crippen LogP contribution in [0.3, 0.4) is 0 Å². The molecule has 0 amide bonds. The first-order valence-corrected chi connectivity index (χ1v) is 16.2. The van der Waals surface area contributed by atoms with Gasteiger partial charge in [0.25, 0.3) is 0 Å². The zero-order chi connectivity index (χ0) is 29.9. The van der Waals surface area contributed by atoms with Gasteiger partial charge in [0.05, 0.1) is 28.7 Å². The number of carbonyl (C=O) groups excluding carboxylic acids is 1. The number of aliphatic hydroxyl groups excluding tert-OH is 1. The van der Waals surface area contributed by atoms with Crippen molar-refractivity contribution in [2.24, 2.45) is 5.92 Å². The zero-order valence-corrected chi connectivity index (χ0v) is 25.1. The predicted octanol–water partition coefficient (Wildman–Crippen LogP) is 10.5. The normalized spacial score (nSPS) is 21.6. The second kappa shape index (κ2) is 12.7. The van der Waals surface area contributed by atoms with E-state index in [-0.39, 0.29) is 11.5 Å². The molecule has 3 aromatic rings. The first kappa shape index (κ1) is 28.3. The van der Waals surface area contributed by atoms with Crippen LogP contribution in [0.4, 0.5) is 0 Å². The molecule has 4 nitrogen and oxygen atoms in total. The first-order valence-electron chi connectivity index (χ1n) is 16.2. The lowest BCUT2D eigenvalue weighted by atomic mass is 9.83. The summed E-state index contributed by atoms with van der Waals surface area (Å²) in [5.41, 5.74) is 4.41. The van der Waals surface area contributed by atoms with Crippen molar-refractivity contribution in [2.75, 3.05) is 0 Å². The van der Waals surface area contributed by atoms with Gasteiger partial charge in [0.15, 0.2) is 0 Å². The Morgan fingerprint density at radius 2 is 1.36 bits per heavy atom. The third-order valence-electron chi connectivity index (χ3n) is 9.42. The van der Waals surface area contributed by atoms with Crippen molar-refractivity contribution in [3.63, 3.8) is 0 Å². The number of aliphatic hydroxyl groups is 1. The standard InChI is InChI=1S/C40H38O4/c41-39-33(21-27-23-35(29-13-5-1-6-14-29)43-36(24-27)30-15-7-2-8-16-30)40(42)34(39)22-28-25-37(31-17-9-3-10-18-31)44-38(26-28)32-19-11-4-12-20-32/h1,3,5-6,9-10,13-14,17-18,21-26,30,32H,2,4,7-8,11-12,15-16,19-20H2/p+1. The van der Waals surface area contributed by atoms with Gasteiger partial charge in [0.1, 0.15) is 17.3 Å². The number of carbonyl (C=O) groups is 1. The number of benzene rings is 2. The van der Waals surface area contributed by atoms with Crippen molar-refractivity contribution < 1.29 is 19.1 Å². The Morgan fingerprint density at radius 1 is 0.727 bits per heavy atom. The van der Waals surface area contributed by atoms with Gasteiger partial charge in [-0.3, -0.25) is 4.79 Å². The molecular formula is C40H39O4+. The van der Waals surface area contributed by atoms with Gasteiger partial charge in [-0.15, -0.1) is 0 Å². The largest absolute Gasteiger partial charge is 0.506 e. The summed E-state index contributed by atoms with van der Waals surface area (Å²) in [5, 5.41) is 11.2. The number of allylic oxidation sites excluding steroid dienone is 7. The van der Waals surface area contributed by atoms with Crippen molar-refractivity contribution >= 4 is 17.6 Å². The van der Waals surface area contributed by atoms with Gasteiger partial charge in [-0.05, 0) is 73.3 Å². The fourth-order valence-corrected chi connectivity index (χ4v) is 6.96. The topological polar surface area (TPSA) is 57.8 Å². The summed E-state index contributed by atoms with van der Waals surface area (Å²) in [4.78, 5) is 13.5. The Kier molecular flexibility index (Phi) is 8.15. The van der Waals surface area contributed by atoms with Crippen molar-refractivity contribution in [1.82, 2.24) is 0 Å². The molecule has 7 rings (SSSR count). The number of Topliss-reactive ketones (excluding diaryl/α,β-unsaturated/α-hetero) is 1. The summed E-state index contributed by atoms with van der Waals surface area (Å²) in [6.07, 6.45) is 19.4. The molecule has 2 fully saturated rings. The van der Waals surface area contributed by atoms with Crippen LogP contribution in [0.5, 0.6) is 0 Å². The fraction of sp³-hybridized carbons (Fsp3) is 0.300. The predicted molar refractivity (Wildman–Crippen MR) is 175 cm³/mol. The van der Waals surface area contributed by atoms with Crippen LogP contribution >= 0.6 is 0 Å². The van der Waals surface area contributed by atoms with E-state index in [1.807, 2.05) is 85.0 Å². The van der Waals surface area contributed by atoms with E-state index in [2.05, 4.69) is 12.1 Å². The minimum atomic E-state index is -0.148. The molecule has 1 aromatic heterocycles. The number of ether oxygens (including phenoxy) is 1. The van der Waals surface area contributed by atoms with Gasteiger partial charge in [0.2, 0.25) is 5.78 Å². The Balaban J connectivity index is 1.23. The summed E-state index contributed by atoms with van der Waals surface area (Å²) < 4.78 is 12.9. The summed E-state index contributed by atoms with van der Waals surface area (Å²) in [6.45, 7) is 0. The van der Waals surface area contributed by atoms with Crippen LogP contribution in [0.25, 0.3) is 23.2 Å². The highest BCUT2D eigenvalue weighted by molar-refractivity contribution is 6.23. The molecule has 1 aliphatic heterocycles. The Morgan fingerprint density at radius 3 is 2.02 bits per heavy atom. The zero-order valence-electron chi connectivity index (χ0n) is 25.1. The molecule has 222 valence electrons. The van der Waals surface area contributed by atoms with Gasteiger partial charge in [-0.1, -0.05) is 87.1 Å². The van der Waals surface area contributed by atoms with Crippen LogP contribution in [-0.4, -0.2) is 10.9 Å². The summed E-state index contributed by atoms with van der Waals surface area (Å²) in [6, 6.07) is 24.2. The summed E-state index contributed by atoms with van der Waals surface area (Å²) in [5.74, 6) is 4.10. The van der Waals surface area contributed by atoms with Crippen LogP contribution in [0.2, 0.25) is 0 Å². The molecule has 0 radical (unpaired) electrons. The summed E-state index contributed by atoms with van der Waals surface area (Å²) in [7, 11) is 0. The lowest BCUT2D eigenvalue weighted by Crippen LogP contribution is -2.21. The molecule has 2 saturated carbocycles. The highest BCUT2D eigenvalue weighted by Gasteiger charge is 2.34. The molecule has 4 aliphatic rings.